The summed E-state index contributed by atoms with van der Waals surface area (Å²) >= 11 is 1.75. The Morgan fingerprint density at radius 2 is 2.42 bits per heavy atom. The van der Waals surface area contributed by atoms with Gasteiger partial charge in [0.2, 0.25) is 0 Å². The fourth-order valence-corrected chi connectivity index (χ4v) is 2.32. The smallest absolute Gasteiger partial charge is 0.0967 e. The lowest BCUT2D eigenvalue weighted by Gasteiger charge is -2.18. The molecule has 0 amide bonds. The maximum atomic E-state index is 9.92. The number of hydrogen-bond acceptors (Lipinski definition) is 3. The number of furan rings is 1. The molecule has 1 aromatic heterocycles. The van der Waals surface area contributed by atoms with Gasteiger partial charge >= 0.3 is 0 Å². The van der Waals surface area contributed by atoms with Crippen LogP contribution in [0.2, 0.25) is 0 Å². The molecule has 1 saturated carbocycles. The van der Waals surface area contributed by atoms with Gasteiger partial charge in [0.1, 0.15) is 0 Å². The van der Waals surface area contributed by atoms with E-state index < -0.39 is 0 Å². The van der Waals surface area contributed by atoms with Crippen LogP contribution in [0.25, 0.3) is 0 Å². The van der Waals surface area contributed by atoms with Crippen molar-refractivity contribution in [3.8, 4) is 0 Å². The lowest BCUT2D eigenvalue weighted by molar-refractivity contribution is 0.166. The summed E-state index contributed by atoms with van der Waals surface area (Å²) in [4.78, 5) is 0. The fourth-order valence-electron chi connectivity index (χ4n) is 1.45. The first-order valence-electron chi connectivity index (χ1n) is 4.04. The standard InChI is InChI=1S/C9H12O2S/c1-12-9(3-4-9)8(10)7-2-5-11-6-7/h2,5-6,8,10H,3-4H2,1H3. The molecule has 12 heavy (non-hydrogen) atoms. The average molecular weight is 184 g/mol. The predicted octanol–water partition coefficient (Wildman–Crippen LogP) is 2.21. The van der Waals surface area contributed by atoms with Crippen LogP contribution in [0.15, 0.2) is 23.0 Å². The van der Waals surface area contributed by atoms with Gasteiger partial charge in [0.05, 0.1) is 18.6 Å². The van der Waals surface area contributed by atoms with Gasteiger partial charge in [0.25, 0.3) is 0 Å². The summed E-state index contributed by atoms with van der Waals surface area (Å²) in [6, 6.07) is 1.83. The van der Waals surface area contributed by atoms with E-state index in [-0.39, 0.29) is 10.9 Å². The van der Waals surface area contributed by atoms with E-state index in [4.69, 9.17) is 4.42 Å². The Kier molecular flexibility index (Phi) is 1.93. The molecule has 1 aromatic rings. The lowest BCUT2D eigenvalue weighted by atomic mass is 10.1. The normalized spacial score (nSPS) is 22.2. The first kappa shape index (κ1) is 8.20. The molecule has 0 aliphatic heterocycles. The van der Waals surface area contributed by atoms with Crippen LogP contribution in [-0.4, -0.2) is 16.1 Å². The monoisotopic (exact) mass is 184 g/mol. The van der Waals surface area contributed by atoms with Crippen molar-refractivity contribution < 1.29 is 9.52 Å². The molecule has 2 nitrogen and oxygen atoms in total. The van der Waals surface area contributed by atoms with E-state index >= 15 is 0 Å². The quantitative estimate of drug-likeness (QED) is 0.781. The minimum absolute atomic E-state index is 0.0872. The van der Waals surface area contributed by atoms with E-state index in [9.17, 15) is 5.11 Å². The van der Waals surface area contributed by atoms with Crippen LogP contribution in [0.5, 0.6) is 0 Å². The first-order valence-corrected chi connectivity index (χ1v) is 5.26. The van der Waals surface area contributed by atoms with Crippen molar-refractivity contribution in [2.24, 2.45) is 0 Å². The van der Waals surface area contributed by atoms with E-state index in [1.54, 1.807) is 24.3 Å². The molecule has 0 bridgehead atoms. The van der Waals surface area contributed by atoms with Crippen LogP contribution in [0.4, 0.5) is 0 Å². The van der Waals surface area contributed by atoms with Crippen LogP contribution in [0.3, 0.4) is 0 Å². The molecule has 0 spiro atoms. The Labute approximate surface area is 76.0 Å². The van der Waals surface area contributed by atoms with Gasteiger partial charge in [-0.25, -0.2) is 0 Å². The number of hydrogen-bond donors (Lipinski definition) is 1. The molecule has 1 fully saturated rings. The summed E-state index contributed by atoms with van der Waals surface area (Å²) < 4.78 is 5.02. The number of thioether (sulfide) groups is 1. The van der Waals surface area contributed by atoms with Gasteiger partial charge in [-0.2, -0.15) is 11.8 Å². The van der Waals surface area contributed by atoms with Crippen molar-refractivity contribution in [1.82, 2.24) is 0 Å². The van der Waals surface area contributed by atoms with E-state index in [1.165, 1.54) is 0 Å². The second-order valence-electron chi connectivity index (χ2n) is 3.23. The Hall–Kier alpha value is -0.410. The van der Waals surface area contributed by atoms with E-state index in [0.717, 1.165) is 18.4 Å². The Balaban J connectivity index is 2.15. The van der Waals surface area contributed by atoms with Gasteiger partial charge in [0.15, 0.2) is 0 Å². The highest BCUT2D eigenvalue weighted by molar-refractivity contribution is 8.00. The molecule has 1 heterocycles. The van der Waals surface area contributed by atoms with E-state index in [1.807, 2.05) is 6.07 Å². The summed E-state index contributed by atoms with van der Waals surface area (Å²) in [7, 11) is 0. The van der Waals surface area contributed by atoms with E-state index in [0.29, 0.717) is 0 Å². The molecule has 3 heteroatoms. The minimum atomic E-state index is -0.355. The lowest BCUT2D eigenvalue weighted by Crippen LogP contribution is -2.14. The van der Waals surface area contributed by atoms with Gasteiger partial charge in [-0.3, -0.25) is 0 Å². The highest BCUT2D eigenvalue weighted by Gasteiger charge is 2.49. The van der Waals surface area contributed by atoms with Crippen LogP contribution >= 0.6 is 11.8 Å². The third-order valence-corrected chi connectivity index (χ3v) is 3.95. The summed E-state index contributed by atoms with van der Waals surface area (Å²) in [6.45, 7) is 0. The van der Waals surface area contributed by atoms with Crippen molar-refractivity contribution in [2.45, 2.75) is 23.7 Å². The Bertz CT molecular complexity index is 252. The molecule has 1 unspecified atom stereocenters. The first-order chi connectivity index (χ1) is 5.78. The van der Waals surface area contributed by atoms with Gasteiger partial charge in [-0.1, -0.05) is 0 Å². The van der Waals surface area contributed by atoms with Crippen molar-refractivity contribution in [3.63, 3.8) is 0 Å². The SMILES string of the molecule is CSC1(C(O)c2ccoc2)CC1. The molecule has 0 aromatic carbocycles. The number of aliphatic hydroxyl groups is 1. The van der Waals surface area contributed by atoms with Crippen molar-refractivity contribution in [3.05, 3.63) is 24.2 Å². The third-order valence-electron chi connectivity index (χ3n) is 2.51. The van der Waals surface area contributed by atoms with Crippen molar-refractivity contribution >= 4 is 11.8 Å². The van der Waals surface area contributed by atoms with Crippen LogP contribution < -0.4 is 0 Å². The maximum absolute atomic E-state index is 9.92. The second-order valence-corrected chi connectivity index (χ2v) is 4.45. The second kappa shape index (κ2) is 2.82. The van der Waals surface area contributed by atoms with Gasteiger partial charge < -0.3 is 9.52 Å². The zero-order valence-electron chi connectivity index (χ0n) is 6.99. The zero-order chi connectivity index (χ0) is 8.60. The molecule has 1 N–H and O–H groups in total. The highest BCUT2D eigenvalue weighted by Crippen LogP contribution is 2.55. The molecule has 2 rings (SSSR count). The fraction of sp³-hybridized carbons (Fsp3) is 0.556. The summed E-state index contributed by atoms with van der Waals surface area (Å²) in [5.74, 6) is 0. The molecule has 0 radical (unpaired) electrons. The molecule has 0 saturated heterocycles. The molecule has 1 aliphatic carbocycles. The molecule has 1 atom stereocenters. The van der Waals surface area contributed by atoms with Gasteiger partial charge in [-0.15, -0.1) is 0 Å². The Morgan fingerprint density at radius 1 is 1.67 bits per heavy atom. The molecular formula is C9H12O2S. The summed E-state index contributed by atoms with van der Waals surface area (Å²) in [6.07, 6.45) is 7.15. The average Bonchev–Trinajstić information content (AvgIpc) is 2.71. The van der Waals surface area contributed by atoms with Crippen LogP contribution in [0, 0.1) is 0 Å². The van der Waals surface area contributed by atoms with Crippen molar-refractivity contribution in [2.75, 3.05) is 6.26 Å². The minimum Gasteiger partial charge on any atom is -0.472 e. The van der Waals surface area contributed by atoms with Crippen LogP contribution in [-0.2, 0) is 0 Å². The Morgan fingerprint density at radius 3 is 2.83 bits per heavy atom. The number of aliphatic hydroxyl groups excluding tert-OH is 1. The molecule has 1 aliphatic rings. The summed E-state index contributed by atoms with van der Waals surface area (Å²) in [5, 5.41) is 9.92. The highest BCUT2D eigenvalue weighted by atomic mass is 32.2. The topological polar surface area (TPSA) is 33.4 Å². The summed E-state index contributed by atoms with van der Waals surface area (Å²) in [5.41, 5.74) is 0.904. The predicted molar refractivity (Wildman–Crippen MR) is 49.1 cm³/mol. The van der Waals surface area contributed by atoms with E-state index in [2.05, 4.69) is 6.26 Å². The largest absolute Gasteiger partial charge is 0.472 e. The molecule has 66 valence electrons. The van der Waals surface area contributed by atoms with Crippen LogP contribution in [0.1, 0.15) is 24.5 Å². The van der Waals surface area contributed by atoms with Gasteiger partial charge in [0, 0.05) is 10.3 Å². The van der Waals surface area contributed by atoms with Crippen molar-refractivity contribution in [1.29, 1.82) is 0 Å². The molecular weight excluding hydrogens is 172 g/mol. The third kappa shape index (κ3) is 1.17. The van der Waals surface area contributed by atoms with Gasteiger partial charge in [-0.05, 0) is 25.2 Å². The number of rotatable bonds is 3. The zero-order valence-corrected chi connectivity index (χ0v) is 7.80. The maximum Gasteiger partial charge on any atom is 0.0967 e.